The summed E-state index contributed by atoms with van der Waals surface area (Å²) in [6.45, 7) is 6.44. The van der Waals surface area contributed by atoms with Gasteiger partial charge in [0, 0.05) is 6.04 Å². The van der Waals surface area contributed by atoms with Crippen LogP contribution in [0.5, 0.6) is 0 Å². The van der Waals surface area contributed by atoms with Crippen LogP contribution in [0.25, 0.3) is 0 Å². The van der Waals surface area contributed by atoms with E-state index in [1.165, 1.54) is 19.4 Å². The summed E-state index contributed by atoms with van der Waals surface area (Å²) in [7, 11) is 0. The number of hydrogen-bond donors (Lipinski definition) is 1. The SMILES string of the molecule is CC(C)(C1CCCN1)C1C2CC3CC(C2)CC1C3. The molecule has 18 heavy (non-hydrogen) atoms. The van der Waals surface area contributed by atoms with Crippen LogP contribution in [0, 0.1) is 35.0 Å². The molecule has 0 amide bonds. The molecule has 0 aromatic rings. The van der Waals surface area contributed by atoms with Crippen molar-refractivity contribution in [2.75, 3.05) is 6.54 Å². The fraction of sp³-hybridized carbons (Fsp3) is 1.00. The molecule has 4 saturated carbocycles. The van der Waals surface area contributed by atoms with Gasteiger partial charge in [0.25, 0.3) is 0 Å². The molecular weight excluding hydrogens is 218 g/mol. The Balaban J connectivity index is 1.60. The maximum absolute atomic E-state index is 3.81. The Labute approximate surface area is 112 Å². The Morgan fingerprint density at radius 3 is 2.00 bits per heavy atom. The quantitative estimate of drug-likeness (QED) is 0.782. The summed E-state index contributed by atoms with van der Waals surface area (Å²) in [5.74, 6) is 5.44. The molecular formula is C17H29N. The van der Waals surface area contributed by atoms with Gasteiger partial charge in [-0.15, -0.1) is 0 Å². The highest BCUT2D eigenvalue weighted by atomic mass is 15.0. The minimum absolute atomic E-state index is 0.541. The average molecular weight is 247 g/mol. The van der Waals surface area contributed by atoms with Crippen molar-refractivity contribution in [3.63, 3.8) is 0 Å². The lowest BCUT2D eigenvalue weighted by atomic mass is 9.46. The zero-order valence-corrected chi connectivity index (χ0v) is 12.1. The van der Waals surface area contributed by atoms with Gasteiger partial charge < -0.3 is 5.32 Å². The second kappa shape index (κ2) is 3.98. The highest BCUT2D eigenvalue weighted by Gasteiger charge is 2.54. The summed E-state index contributed by atoms with van der Waals surface area (Å²) in [5.41, 5.74) is 0.541. The first-order chi connectivity index (χ1) is 8.64. The van der Waals surface area contributed by atoms with E-state index in [4.69, 9.17) is 0 Å². The van der Waals surface area contributed by atoms with Crippen molar-refractivity contribution in [1.29, 1.82) is 0 Å². The van der Waals surface area contributed by atoms with Gasteiger partial charge in [0.15, 0.2) is 0 Å². The van der Waals surface area contributed by atoms with Crippen LogP contribution in [0.3, 0.4) is 0 Å². The first kappa shape index (κ1) is 11.8. The van der Waals surface area contributed by atoms with Crippen LogP contribution >= 0.6 is 0 Å². The van der Waals surface area contributed by atoms with Crippen molar-refractivity contribution in [3.8, 4) is 0 Å². The predicted octanol–water partition coefficient (Wildman–Crippen LogP) is 3.84. The molecule has 102 valence electrons. The molecule has 1 unspecified atom stereocenters. The number of nitrogens with one attached hydrogen (secondary N) is 1. The third-order valence-electron chi connectivity index (χ3n) is 7.04. The third kappa shape index (κ3) is 1.62. The summed E-state index contributed by atoms with van der Waals surface area (Å²) < 4.78 is 0. The van der Waals surface area contributed by atoms with Crippen LogP contribution in [0.4, 0.5) is 0 Å². The molecule has 1 aliphatic heterocycles. The van der Waals surface area contributed by atoms with Crippen LogP contribution in [-0.4, -0.2) is 12.6 Å². The molecule has 1 atom stereocenters. The molecule has 1 heterocycles. The summed E-state index contributed by atoms with van der Waals surface area (Å²) in [6, 6.07) is 0.806. The van der Waals surface area contributed by atoms with Crippen molar-refractivity contribution < 1.29 is 0 Å². The van der Waals surface area contributed by atoms with E-state index in [2.05, 4.69) is 19.2 Å². The molecule has 4 aliphatic carbocycles. The minimum Gasteiger partial charge on any atom is -0.313 e. The Morgan fingerprint density at radius 1 is 0.889 bits per heavy atom. The fourth-order valence-electron chi connectivity index (χ4n) is 6.69. The molecule has 0 aromatic heterocycles. The zero-order chi connectivity index (χ0) is 12.3. The maximum atomic E-state index is 3.81. The van der Waals surface area contributed by atoms with Gasteiger partial charge in [0.1, 0.15) is 0 Å². The molecule has 1 saturated heterocycles. The molecule has 1 N–H and O–H groups in total. The second-order valence-electron chi connectivity index (χ2n) is 8.43. The normalized spacial score (nSPS) is 51.0. The van der Waals surface area contributed by atoms with E-state index in [9.17, 15) is 0 Å². The summed E-state index contributed by atoms with van der Waals surface area (Å²) >= 11 is 0. The Hall–Kier alpha value is -0.0400. The van der Waals surface area contributed by atoms with Gasteiger partial charge in [-0.25, -0.2) is 0 Å². The van der Waals surface area contributed by atoms with Gasteiger partial charge >= 0.3 is 0 Å². The molecule has 5 aliphatic rings. The monoisotopic (exact) mass is 247 g/mol. The molecule has 1 heteroatoms. The first-order valence-corrected chi connectivity index (χ1v) is 8.38. The van der Waals surface area contributed by atoms with Gasteiger partial charge in [0.05, 0.1) is 0 Å². The predicted molar refractivity (Wildman–Crippen MR) is 75.3 cm³/mol. The van der Waals surface area contributed by atoms with E-state index in [1.54, 1.807) is 32.1 Å². The Kier molecular flexibility index (Phi) is 2.60. The van der Waals surface area contributed by atoms with Crippen molar-refractivity contribution in [2.45, 2.75) is 64.8 Å². The highest BCUT2D eigenvalue weighted by Crippen LogP contribution is 2.61. The van der Waals surface area contributed by atoms with Gasteiger partial charge in [-0.3, -0.25) is 0 Å². The lowest BCUT2D eigenvalue weighted by Gasteiger charge is -2.60. The second-order valence-corrected chi connectivity index (χ2v) is 8.43. The van der Waals surface area contributed by atoms with Gasteiger partial charge in [0.2, 0.25) is 0 Å². The van der Waals surface area contributed by atoms with Crippen LogP contribution in [0.2, 0.25) is 0 Å². The number of hydrogen-bond acceptors (Lipinski definition) is 1. The molecule has 0 radical (unpaired) electrons. The standard InChI is InChI=1S/C17H29N/c1-17(2,15-4-3-5-18-15)16-13-7-11-6-12(9-13)10-14(16)8-11/h11-16,18H,3-10H2,1-2H3. The largest absolute Gasteiger partial charge is 0.313 e. The minimum atomic E-state index is 0.541. The van der Waals surface area contributed by atoms with Crippen molar-refractivity contribution in [2.24, 2.45) is 35.0 Å². The zero-order valence-electron chi connectivity index (χ0n) is 12.1. The summed E-state index contributed by atoms with van der Waals surface area (Å²) in [5, 5.41) is 3.81. The Morgan fingerprint density at radius 2 is 1.50 bits per heavy atom. The molecule has 1 nitrogen and oxygen atoms in total. The highest BCUT2D eigenvalue weighted by molar-refractivity contribution is 5.05. The summed E-state index contributed by atoms with van der Waals surface area (Å²) in [6.07, 6.45) is 10.7. The molecule has 4 bridgehead atoms. The summed E-state index contributed by atoms with van der Waals surface area (Å²) in [4.78, 5) is 0. The van der Waals surface area contributed by atoms with E-state index in [-0.39, 0.29) is 0 Å². The fourth-order valence-corrected chi connectivity index (χ4v) is 6.69. The maximum Gasteiger partial charge on any atom is 0.0121 e. The molecule has 0 spiro atoms. The third-order valence-corrected chi connectivity index (χ3v) is 7.04. The Bertz CT molecular complexity index is 299. The van der Waals surface area contributed by atoms with Crippen molar-refractivity contribution >= 4 is 0 Å². The molecule has 5 fully saturated rings. The lowest BCUT2D eigenvalue weighted by Crippen LogP contribution is -2.55. The van der Waals surface area contributed by atoms with E-state index in [0.29, 0.717) is 5.41 Å². The van der Waals surface area contributed by atoms with Gasteiger partial charge in [-0.05, 0) is 86.5 Å². The first-order valence-electron chi connectivity index (χ1n) is 8.38. The van der Waals surface area contributed by atoms with Crippen LogP contribution in [0.1, 0.15) is 58.8 Å². The average Bonchev–Trinajstić information content (AvgIpc) is 2.80. The van der Waals surface area contributed by atoms with Crippen molar-refractivity contribution in [3.05, 3.63) is 0 Å². The molecule has 5 rings (SSSR count). The van der Waals surface area contributed by atoms with E-state index in [1.807, 2.05) is 0 Å². The van der Waals surface area contributed by atoms with E-state index < -0.39 is 0 Å². The van der Waals surface area contributed by atoms with Crippen LogP contribution in [0.15, 0.2) is 0 Å². The topological polar surface area (TPSA) is 12.0 Å². The van der Waals surface area contributed by atoms with E-state index in [0.717, 1.165) is 35.6 Å². The molecule has 0 aromatic carbocycles. The van der Waals surface area contributed by atoms with Crippen LogP contribution < -0.4 is 5.32 Å². The van der Waals surface area contributed by atoms with Gasteiger partial charge in [-0.2, -0.15) is 0 Å². The lowest BCUT2D eigenvalue weighted by molar-refractivity contribution is -0.0951. The van der Waals surface area contributed by atoms with Crippen molar-refractivity contribution in [1.82, 2.24) is 5.32 Å². The van der Waals surface area contributed by atoms with Gasteiger partial charge in [-0.1, -0.05) is 13.8 Å². The number of rotatable bonds is 2. The van der Waals surface area contributed by atoms with Crippen LogP contribution in [-0.2, 0) is 0 Å². The smallest absolute Gasteiger partial charge is 0.0121 e. The van der Waals surface area contributed by atoms with E-state index >= 15 is 0 Å².